The smallest absolute Gasteiger partial charge is 0.280 e. The molecule has 1 aliphatic heterocycles. The highest BCUT2D eigenvalue weighted by atomic mass is 16.5. The largest absolute Gasteiger partial charge is 0.497 e. The molecule has 0 saturated heterocycles. The second-order valence-corrected chi connectivity index (χ2v) is 7.72. The summed E-state index contributed by atoms with van der Waals surface area (Å²) in [5, 5.41) is 12.7. The lowest BCUT2D eigenvalue weighted by Crippen LogP contribution is -2.22. The average molecular weight is 433 g/mol. The van der Waals surface area contributed by atoms with Crippen molar-refractivity contribution in [3.63, 3.8) is 0 Å². The van der Waals surface area contributed by atoms with E-state index in [4.69, 9.17) is 18.7 Å². The summed E-state index contributed by atoms with van der Waals surface area (Å²) in [7, 11) is 3.18. The van der Waals surface area contributed by atoms with Crippen molar-refractivity contribution in [1.29, 1.82) is 0 Å². The molecule has 9 heteroatoms. The van der Waals surface area contributed by atoms with E-state index >= 15 is 0 Å². The number of hydrogen-bond acceptors (Lipinski definition) is 8. The lowest BCUT2D eigenvalue weighted by molar-refractivity contribution is -0.00153. The zero-order valence-corrected chi connectivity index (χ0v) is 18.3. The van der Waals surface area contributed by atoms with Crippen LogP contribution in [0.25, 0.3) is 23.0 Å². The molecule has 0 N–H and O–H groups in total. The van der Waals surface area contributed by atoms with Crippen LogP contribution >= 0.6 is 0 Å². The molecule has 0 amide bonds. The molecule has 0 radical (unpaired) electrons. The number of methoxy groups -OCH3 is 2. The van der Waals surface area contributed by atoms with Gasteiger partial charge in [-0.2, -0.15) is 4.98 Å². The molecule has 32 heavy (non-hydrogen) atoms. The first-order valence-corrected chi connectivity index (χ1v) is 10.2. The monoisotopic (exact) mass is 433 g/mol. The van der Waals surface area contributed by atoms with Crippen molar-refractivity contribution in [3.05, 3.63) is 58.8 Å². The van der Waals surface area contributed by atoms with E-state index in [0.717, 1.165) is 11.3 Å². The van der Waals surface area contributed by atoms with E-state index in [9.17, 15) is 0 Å². The van der Waals surface area contributed by atoms with Crippen LogP contribution in [0, 0.1) is 13.8 Å². The second kappa shape index (κ2) is 8.08. The highest BCUT2D eigenvalue weighted by molar-refractivity contribution is 5.67. The lowest BCUT2D eigenvalue weighted by atomic mass is 10.0. The Labute approximate surface area is 184 Å². The van der Waals surface area contributed by atoms with Gasteiger partial charge in [-0.1, -0.05) is 34.1 Å². The molecular formula is C23H23N5O4. The van der Waals surface area contributed by atoms with Gasteiger partial charge < -0.3 is 18.7 Å². The summed E-state index contributed by atoms with van der Waals surface area (Å²) in [6.45, 7) is 5.10. The fraction of sp³-hybridized carbons (Fsp3) is 0.304. The van der Waals surface area contributed by atoms with Crippen molar-refractivity contribution in [2.24, 2.45) is 0 Å². The average Bonchev–Trinajstić information content (AvgIpc) is 3.45. The van der Waals surface area contributed by atoms with Gasteiger partial charge >= 0.3 is 0 Å². The predicted molar refractivity (Wildman–Crippen MR) is 115 cm³/mol. The van der Waals surface area contributed by atoms with Gasteiger partial charge in [0.15, 0.2) is 5.69 Å². The van der Waals surface area contributed by atoms with Crippen LogP contribution in [0.1, 0.15) is 28.5 Å². The van der Waals surface area contributed by atoms with E-state index in [2.05, 4.69) is 52.5 Å². The summed E-state index contributed by atoms with van der Waals surface area (Å²) >= 11 is 0. The zero-order chi connectivity index (χ0) is 22.2. The Hall–Kier alpha value is -3.72. The Balaban J connectivity index is 1.42. The van der Waals surface area contributed by atoms with Crippen LogP contribution in [0.4, 0.5) is 0 Å². The molecule has 0 aliphatic carbocycles. The fourth-order valence-electron chi connectivity index (χ4n) is 3.97. The molecule has 164 valence electrons. The van der Waals surface area contributed by atoms with Crippen molar-refractivity contribution in [1.82, 2.24) is 25.1 Å². The van der Waals surface area contributed by atoms with Crippen molar-refractivity contribution < 1.29 is 18.7 Å². The van der Waals surface area contributed by atoms with Crippen molar-refractivity contribution >= 4 is 0 Å². The van der Waals surface area contributed by atoms with Crippen LogP contribution in [-0.4, -0.2) is 39.4 Å². The summed E-state index contributed by atoms with van der Waals surface area (Å²) in [5.41, 5.74) is 5.61. The molecule has 0 bridgehead atoms. The Morgan fingerprint density at radius 2 is 1.94 bits per heavy atom. The molecule has 0 fully saturated rings. The molecule has 9 nitrogen and oxygen atoms in total. The van der Waals surface area contributed by atoms with Crippen LogP contribution in [0.3, 0.4) is 0 Å². The van der Waals surface area contributed by atoms with Gasteiger partial charge in [-0.15, -0.1) is 5.10 Å². The summed E-state index contributed by atoms with van der Waals surface area (Å²) < 4.78 is 24.2. The van der Waals surface area contributed by atoms with E-state index in [-0.39, 0.29) is 12.0 Å². The minimum absolute atomic E-state index is 0.0838. The number of aromatic nitrogens is 5. The summed E-state index contributed by atoms with van der Waals surface area (Å²) in [4.78, 5) is 4.53. The number of hydrogen-bond donors (Lipinski definition) is 0. The molecule has 0 unspecified atom stereocenters. The zero-order valence-electron chi connectivity index (χ0n) is 18.3. The van der Waals surface area contributed by atoms with Gasteiger partial charge in [0.1, 0.15) is 17.6 Å². The molecule has 1 aliphatic rings. The van der Waals surface area contributed by atoms with Gasteiger partial charge in [0.25, 0.3) is 5.89 Å². The van der Waals surface area contributed by atoms with Gasteiger partial charge in [0.05, 0.1) is 38.6 Å². The third kappa shape index (κ3) is 3.50. The SMILES string of the molecule is COc1ccc(-c2noc(-c3nnn4c3CO[C@@H](c3ccc(C)cc3C)C4)n2)c(OC)c1. The fourth-order valence-corrected chi connectivity index (χ4v) is 3.97. The van der Waals surface area contributed by atoms with Gasteiger partial charge in [0.2, 0.25) is 5.82 Å². The third-order valence-electron chi connectivity index (χ3n) is 5.65. The standard InChI is InChI=1S/C23H23N5O4/c1-13-5-7-16(14(2)9-13)20-11-28-18(12-31-20)21(25-27-28)23-24-22(26-32-23)17-8-6-15(29-3)10-19(17)30-4/h5-10,20H,11-12H2,1-4H3/t20-/m1/s1. The predicted octanol–water partition coefficient (Wildman–Crippen LogP) is 3.90. The van der Waals surface area contributed by atoms with Crippen LogP contribution < -0.4 is 9.47 Å². The highest BCUT2D eigenvalue weighted by Crippen LogP contribution is 2.35. The van der Waals surface area contributed by atoms with Gasteiger partial charge in [-0.05, 0) is 37.1 Å². The first-order chi connectivity index (χ1) is 15.6. The van der Waals surface area contributed by atoms with Crippen molar-refractivity contribution in [2.45, 2.75) is 33.1 Å². The Bertz CT molecular complexity index is 1280. The molecule has 1 atom stereocenters. The first kappa shape index (κ1) is 20.2. The maximum atomic E-state index is 6.16. The summed E-state index contributed by atoms with van der Waals surface area (Å²) in [5.74, 6) is 1.94. The van der Waals surface area contributed by atoms with Gasteiger partial charge in [-0.3, -0.25) is 0 Å². The summed E-state index contributed by atoms with van der Waals surface area (Å²) in [6.07, 6.45) is -0.0838. The van der Waals surface area contributed by atoms with Crippen LogP contribution in [-0.2, 0) is 17.9 Å². The molecule has 0 saturated carbocycles. The topological polar surface area (TPSA) is 97.3 Å². The van der Waals surface area contributed by atoms with Gasteiger partial charge in [0, 0.05) is 6.07 Å². The molecule has 0 spiro atoms. The molecule has 4 aromatic rings. The number of rotatable bonds is 5. The Morgan fingerprint density at radius 3 is 2.72 bits per heavy atom. The highest BCUT2D eigenvalue weighted by Gasteiger charge is 2.29. The number of nitrogens with zero attached hydrogens (tertiary/aromatic N) is 5. The van der Waals surface area contributed by atoms with Crippen molar-refractivity contribution in [2.75, 3.05) is 14.2 Å². The number of ether oxygens (including phenoxy) is 3. The normalized spacial score (nSPS) is 15.4. The first-order valence-electron chi connectivity index (χ1n) is 10.2. The van der Waals surface area contributed by atoms with Crippen LogP contribution in [0.5, 0.6) is 11.5 Å². The van der Waals surface area contributed by atoms with Crippen LogP contribution in [0.15, 0.2) is 40.9 Å². The lowest BCUT2D eigenvalue weighted by Gasteiger charge is -2.25. The van der Waals surface area contributed by atoms with E-state index in [1.807, 2.05) is 16.8 Å². The Morgan fingerprint density at radius 1 is 1.06 bits per heavy atom. The quantitative estimate of drug-likeness (QED) is 0.467. The molecular weight excluding hydrogens is 410 g/mol. The maximum Gasteiger partial charge on any atom is 0.280 e. The molecule has 3 heterocycles. The molecule has 2 aromatic carbocycles. The minimum atomic E-state index is -0.0838. The van der Waals surface area contributed by atoms with E-state index in [1.54, 1.807) is 20.3 Å². The summed E-state index contributed by atoms with van der Waals surface area (Å²) in [6, 6.07) is 11.8. The van der Waals surface area contributed by atoms with Crippen molar-refractivity contribution in [3.8, 4) is 34.5 Å². The van der Waals surface area contributed by atoms with Gasteiger partial charge in [-0.25, -0.2) is 4.68 Å². The second-order valence-electron chi connectivity index (χ2n) is 7.72. The minimum Gasteiger partial charge on any atom is -0.497 e. The van der Waals surface area contributed by atoms with E-state index in [0.29, 0.717) is 41.7 Å². The Kier molecular flexibility index (Phi) is 5.10. The maximum absolute atomic E-state index is 6.16. The number of fused-ring (bicyclic) bond motifs is 1. The van der Waals surface area contributed by atoms with Crippen LogP contribution in [0.2, 0.25) is 0 Å². The van der Waals surface area contributed by atoms with E-state index in [1.165, 1.54) is 11.1 Å². The molecule has 2 aromatic heterocycles. The third-order valence-corrected chi connectivity index (χ3v) is 5.65. The molecule has 5 rings (SSSR count). The number of aryl methyl sites for hydroxylation is 2. The number of benzene rings is 2. The van der Waals surface area contributed by atoms with E-state index < -0.39 is 0 Å².